The quantitative estimate of drug-likeness (QED) is 0.537. The maximum absolute atomic E-state index is 4.58. The van der Waals surface area contributed by atoms with E-state index >= 15 is 0 Å². The van der Waals surface area contributed by atoms with Crippen molar-refractivity contribution in [1.82, 2.24) is 15.0 Å². The van der Waals surface area contributed by atoms with Gasteiger partial charge in [-0.05, 0) is 30.2 Å². The second-order valence-electron chi connectivity index (χ2n) is 5.36. The first-order valence-corrected chi connectivity index (χ1v) is 8.32. The molecule has 0 radical (unpaired) electrons. The molecule has 106 valence electrons. The highest BCUT2D eigenvalue weighted by atomic mass is 127. The highest BCUT2D eigenvalue weighted by Gasteiger charge is 2.21. The molecule has 1 aliphatic heterocycles. The SMILES string of the molecule is IC1CCN(c2cnc3[nH]cc(-c4ccncc4)c3c2)C1. The summed E-state index contributed by atoms with van der Waals surface area (Å²) in [6, 6.07) is 6.32. The third kappa shape index (κ3) is 2.39. The van der Waals surface area contributed by atoms with Crippen LogP contribution in [0.2, 0.25) is 0 Å². The van der Waals surface area contributed by atoms with Crippen LogP contribution in [-0.2, 0) is 0 Å². The van der Waals surface area contributed by atoms with Gasteiger partial charge in [-0.2, -0.15) is 0 Å². The fourth-order valence-corrected chi connectivity index (χ4v) is 3.64. The Hall–Kier alpha value is -1.63. The van der Waals surface area contributed by atoms with Crippen molar-refractivity contribution in [2.75, 3.05) is 18.0 Å². The monoisotopic (exact) mass is 390 g/mol. The summed E-state index contributed by atoms with van der Waals surface area (Å²) in [5.74, 6) is 0. The van der Waals surface area contributed by atoms with E-state index in [4.69, 9.17) is 0 Å². The lowest BCUT2D eigenvalue weighted by atomic mass is 10.1. The minimum atomic E-state index is 0.740. The molecule has 4 nitrogen and oxygen atoms in total. The Bertz CT molecular complexity index is 768. The van der Waals surface area contributed by atoms with Crippen molar-refractivity contribution in [1.29, 1.82) is 0 Å². The number of rotatable bonds is 2. The third-order valence-corrected chi connectivity index (χ3v) is 5.02. The number of aromatic amines is 1. The van der Waals surface area contributed by atoms with Crippen LogP contribution in [0.3, 0.4) is 0 Å². The van der Waals surface area contributed by atoms with Crippen LogP contribution in [0.4, 0.5) is 5.69 Å². The Morgan fingerprint density at radius 1 is 1.29 bits per heavy atom. The molecule has 0 amide bonds. The Morgan fingerprint density at radius 2 is 2.14 bits per heavy atom. The maximum Gasteiger partial charge on any atom is 0.138 e. The summed E-state index contributed by atoms with van der Waals surface area (Å²) >= 11 is 2.53. The van der Waals surface area contributed by atoms with Gasteiger partial charge in [-0.25, -0.2) is 4.98 Å². The van der Waals surface area contributed by atoms with E-state index in [0.717, 1.165) is 22.7 Å². The topological polar surface area (TPSA) is 44.8 Å². The van der Waals surface area contributed by atoms with Gasteiger partial charge in [0.05, 0.1) is 11.9 Å². The second kappa shape index (κ2) is 5.29. The molecule has 1 aliphatic rings. The van der Waals surface area contributed by atoms with Gasteiger partial charge >= 0.3 is 0 Å². The molecule has 1 fully saturated rings. The molecule has 0 saturated carbocycles. The fraction of sp³-hybridized carbons (Fsp3) is 0.250. The first-order chi connectivity index (χ1) is 10.3. The van der Waals surface area contributed by atoms with Crippen molar-refractivity contribution < 1.29 is 0 Å². The molecule has 1 N–H and O–H groups in total. The average molecular weight is 390 g/mol. The first kappa shape index (κ1) is 13.1. The van der Waals surface area contributed by atoms with Gasteiger partial charge in [-0.15, -0.1) is 0 Å². The molecular formula is C16H15IN4. The van der Waals surface area contributed by atoms with Crippen molar-refractivity contribution in [3.8, 4) is 11.1 Å². The van der Waals surface area contributed by atoms with Gasteiger partial charge in [-0.3, -0.25) is 4.98 Å². The van der Waals surface area contributed by atoms with Crippen molar-refractivity contribution >= 4 is 39.3 Å². The number of hydrogen-bond acceptors (Lipinski definition) is 3. The number of hydrogen-bond donors (Lipinski definition) is 1. The number of halogens is 1. The van der Waals surface area contributed by atoms with Crippen LogP contribution in [0.5, 0.6) is 0 Å². The Labute approximate surface area is 136 Å². The predicted octanol–water partition coefficient (Wildman–Crippen LogP) is 3.64. The van der Waals surface area contributed by atoms with Crippen LogP contribution in [-0.4, -0.2) is 32.0 Å². The van der Waals surface area contributed by atoms with Gasteiger partial charge in [0.1, 0.15) is 5.65 Å². The normalized spacial score (nSPS) is 18.5. The van der Waals surface area contributed by atoms with E-state index in [1.54, 1.807) is 0 Å². The molecule has 0 spiro atoms. The molecule has 4 heterocycles. The highest BCUT2D eigenvalue weighted by Crippen LogP contribution is 2.31. The van der Waals surface area contributed by atoms with Crippen LogP contribution in [0.15, 0.2) is 43.0 Å². The largest absolute Gasteiger partial charge is 0.369 e. The molecule has 0 bridgehead atoms. The minimum Gasteiger partial charge on any atom is -0.369 e. The smallest absolute Gasteiger partial charge is 0.138 e. The molecule has 1 unspecified atom stereocenters. The van der Waals surface area contributed by atoms with E-state index in [1.807, 2.05) is 36.9 Å². The third-order valence-electron chi connectivity index (χ3n) is 4.00. The molecule has 0 aliphatic carbocycles. The number of pyridine rings is 2. The lowest BCUT2D eigenvalue weighted by Gasteiger charge is -2.17. The molecule has 3 aromatic heterocycles. The number of aromatic nitrogens is 3. The zero-order chi connectivity index (χ0) is 14.2. The van der Waals surface area contributed by atoms with Crippen LogP contribution in [0, 0.1) is 0 Å². The van der Waals surface area contributed by atoms with E-state index in [-0.39, 0.29) is 0 Å². The molecule has 21 heavy (non-hydrogen) atoms. The number of alkyl halides is 1. The summed E-state index contributed by atoms with van der Waals surface area (Å²) in [4.78, 5) is 14.4. The second-order valence-corrected chi connectivity index (χ2v) is 7.12. The van der Waals surface area contributed by atoms with Crippen LogP contribution in [0.25, 0.3) is 22.2 Å². The van der Waals surface area contributed by atoms with E-state index in [0.29, 0.717) is 0 Å². The zero-order valence-corrected chi connectivity index (χ0v) is 13.6. The van der Waals surface area contributed by atoms with Crippen molar-refractivity contribution in [2.24, 2.45) is 0 Å². The van der Waals surface area contributed by atoms with Gasteiger partial charge in [0.15, 0.2) is 0 Å². The molecular weight excluding hydrogens is 375 g/mol. The Balaban J connectivity index is 1.79. The summed E-state index contributed by atoms with van der Waals surface area (Å²) in [6.07, 6.45) is 8.91. The van der Waals surface area contributed by atoms with E-state index in [1.165, 1.54) is 28.6 Å². The number of H-pyrrole nitrogens is 1. The van der Waals surface area contributed by atoms with Crippen molar-refractivity contribution in [3.63, 3.8) is 0 Å². The molecule has 1 atom stereocenters. The molecule has 4 rings (SSSR count). The van der Waals surface area contributed by atoms with Gasteiger partial charge in [0.2, 0.25) is 0 Å². The van der Waals surface area contributed by atoms with Gasteiger partial charge < -0.3 is 9.88 Å². The van der Waals surface area contributed by atoms with Crippen molar-refractivity contribution in [2.45, 2.75) is 10.3 Å². The van der Waals surface area contributed by atoms with Gasteiger partial charge in [-0.1, -0.05) is 22.6 Å². The van der Waals surface area contributed by atoms with Gasteiger partial charge in [0.25, 0.3) is 0 Å². The standard InChI is InChI=1S/C16H15IN4/c17-12-3-6-21(10-12)13-7-14-15(9-20-16(14)19-8-13)11-1-4-18-5-2-11/h1-2,4-5,7-9,12H,3,6,10H2,(H,19,20). The molecule has 0 aromatic carbocycles. The number of anilines is 1. The van der Waals surface area contributed by atoms with Gasteiger partial charge in [0, 0.05) is 46.6 Å². The lowest BCUT2D eigenvalue weighted by molar-refractivity contribution is 0.964. The summed E-state index contributed by atoms with van der Waals surface area (Å²) in [6.45, 7) is 2.23. The number of fused-ring (bicyclic) bond motifs is 1. The van der Waals surface area contributed by atoms with E-state index in [9.17, 15) is 0 Å². The van der Waals surface area contributed by atoms with E-state index < -0.39 is 0 Å². The van der Waals surface area contributed by atoms with Crippen LogP contribution in [0.1, 0.15) is 6.42 Å². The Kier molecular flexibility index (Phi) is 3.29. The summed E-state index contributed by atoms with van der Waals surface area (Å²) in [7, 11) is 0. The van der Waals surface area contributed by atoms with Crippen LogP contribution >= 0.6 is 22.6 Å². The summed E-state index contributed by atoms with van der Waals surface area (Å²) < 4.78 is 0.740. The average Bonchev–Trinajstić information content (AvgIpc) is 3.13. The van der Waals surface area contributed by atoms with Crippen LogP contribution < -0.4 is 4.90 Å². The Morgan fingerprint density at radius 3 is 2.90 bits per heavy atom. The summed E-state index contributed by atoms with van der Waals surface area (Å²) in [5, 5.41) is 1.18. The van der Waals surface area contributed by atoms with Crippen molar-refractivity contribution in [3.05, 3.63) is 43.0 Å². The molecule has 5 heteroatoms. The number of nitrogens with one attached hydrogen (secondary N) is 1. The maximum atomic E-state index is 4.58. The molecule has 3 aromatic rings. The first-order valence-electron chi connectivity index (χ1n) is 7.08. The fourth-order valence-electron chi connectivity index (χ4n) is 2.89. The van der Waals surface area contributed by atoms with E-state index in [2.05, 4.69) is 48.5 Å². The molecule has 1 saturated heterocycles. The summed E-state index contributed by atoms with van der Waals surface area (Å²) in [5.41, 5.74) is 4.52. The minimum absolute atomic E-state index is 0.740. The lowest BCUT2D eigenvalue weighted by Crippen LogP contribution is -2.19. The predicted molar refractivity (Wildman–Crippen MR) is 94.0 cm³/mol. The highest BCUT2D eigenvalue weighted by molar-refractivity contribution is 14.1. The number of nitrogens with zero attached hydrogens (tertiary/aromatic N) is 3. The zero-order valence-electron chi connectivity index (χ0n) is 11.5.